The minimum absolute atomic E-state index is 0.394. The van der Waals surface area contributed by atoms with E-state index >= 15 is 0 Å². The number of amides is 1. The second-order valence-corrected chi connectivity index (χ2v) is 7.50. The third-order valence-electron chi connectivity index (χ3n) is 4.83. The minimum Gasteiger partial charge on any atom is -0.368 e. The quantitative estimate of drug-likeness (QED) is 0.536. The molecule has 1 amide bonds. The molecule has 1 atom stereocenters. The van der Waals surface area contributed by atoms with Gasteiger partial charge in [0.2, 0.25) is 5.91 Å². The molecule has 3 aromatic rings. The van der Waals surface area contributed by atoms with Gasteiger partial charge in [0.15, 0.2) is 0 Å². The first-order valence-corrected chi connectivity index (χ1v) is 9.99. The number of aromatic nitrogens is 2. The number of halogens is 1. The predicted molar refractivity (Wildman–Crippen MR) is 114 cm³/mol. The van der Waals surface area contributed by atoms with Crippen molar-refractivity contribution in [2.75, 3.05) is 6.54 Å². The number of hydrogen-bond donors (Lipinski definition) is 2. The van der Waals surface area contributed by atoms with E-state index in [0.717, 1.165) is 27.6 Å². The largest absolute Gasteiger partial charge is 0.368 e. The summed E-state index contributed by atoms with van der Waals surface area (Å²) in [6, 6.07) is 15.6. The van der Waals surface area contributed by atoms with Gasteiger partial charge in [0.25, 0.3) is 0 Å². The topological polar surface area (TPSA) is 80.9 Å². The third-order valence-corrected chi connectivity index (χ3v) is 5.52. The zero-order valence-electron chi connectivity index (χ0n) is 15.5. The molecule has 3 rings (SSSR count). The van der Waals surface area contributed by atoms with E-state index in [1.165, 1.54) is 0 Å². The van der Waals surface area contributed by atoms with Crippen LogP contribution in [0.3, 0.4) is 0 Å². The molecule has 2 heterocycles. The summed E-state index contributed by atoms with van der Waals surface area (Å²) >= 11 is 3.59. The van der Waals surface area contributed by atoms with Crippen LogP contribution in [0.2, 0.25) is 0 Å². The second kappa shape index (κ2) is 9.57. The van der Waals surface area contributed by atoms with E-state index in [1.54, 1.807) is 12.4 Å². The van der Waals surface area contributed by atoms with Crippen LogP contribution >= 0.6 is 15.9 Å². The van der Waals surface area contributed by atoms with Crippen molar-refractivity contribution in [3.8, 4) is 0 Å². The van der Waals surface area contributed by atoms with Gasteiger partial charge >= 0.3 is 0 Å². The molecule has 144 valence electrons. The predicted octanol–water partition coefficient (Wildman–Crippen LogP) is 3.38. The van der Waals surface area contributed by atoms with Gasteiger partial charge in [0.05, 0.1) is 0 Å². The summed E-state index contributed by atoms with van der Waals surface area (Å²) in [6.07, 6.45) is 9.11. The Morgan fingerprint density at radius 3 is 2.18 bits per heavy atom. The fourth-order valence-electron chi connectivity index (χ4n) is 3.31. The first-order valence-electron chi connectivity index (χ1n) is 9.19. The van der Waals surface area contributed by atoms with Crippen LogP contribution < -0.4 is 11.1 Å². The Morgan fingerprint density at radius 2 is 1.61 bits per heavy atom. The van der Waals surface area contributed by atoms with Crippen LogP contribution in [0.25, 0.3) is 0 Å². The summed E-state index contributed by atoms with van der Waals surface area (Å²) in [5.41, 5.74) is 7.99. The molecule has 28 heavy (non-hydrogen) atoms. The molecule has 1 unspecified atom stereocenters. The average Bonchev–Trinajstić information content (AvgIpc) is 2.72. The Hall–Kier alpha value is -2.57. The van der Waals surface area contributed by atoms with E-state index in [9.17, 15) is 4.79 Å². The van der Waals surface area contributed by atoms with Gasteiger partial charge in [0, 0.05) is 35.8 Å². The first kappa shape index (κ1) is 20.2. The molecule has 0 fully saturated rings. The molecule has 0 bridgehead atoms. The van der Waals surface area contributed by atoms with Crippen molar-refractivity contribution in [1.82, 2.24) is 15.3 Å². The monoisotopic (exact) mass is 438 g/mol. The standard InChI is InChI=1S/C22H23BrN4O/c23-20-8-2-1-7-19(20)22(21(24)28,11-9-17-5-3-12-25-15-17)27-14-10-18-6-4-13-26-16-18/h1-8,12-13,15-16,27H,9-11,14H2,(H2,24,28). The van der Waals surface area contributed by atoms with E-state index in [2.05, 4.69) is 31.2 Å². The van der Waals surface area contributed by atoms with Crippen LogP contribution in [0, 0.1) is 0 Å². The van der Waals surface area contributed by atoms with Crippen LogP contribution in [-0.4, -0.2) is 22.4 Å². The molecule has 0 aliphatic heterocycles. The SMILES string of the molecule is NC(=O)C(CCc1cccnc1)(NCCc1cccnc1)c1ccccc1Br. The number of nitrogens with one attached hydrogen (secondary N) is 1. The lowest BCUT2D eigenvalue weighted by Gasteiger charge is -2.33. The molecule has 0 aliphatic carbocycles. The second-order valence-electron chi connectivity index (χ2n) is 6.65. The number of nitrogens with zero attached hydrogens (tertiary/aromatic N) is 2. The highest BCUT2D eigenvalue weighted by atomic mass is 79.9. The van der Waals surface area contributed by atoms with Gasteiger partial charge in [-0.05, 0) is 54.2 Å². The Kier molecular flexibility index (Phi) is 6.90. The van der Waals surface area contributed by atoms with Crippen LogP contribution in [0.5, 0.6) is 0 Å². The van der Waals surface area contributed by atoms with Crippen LogP contribution in [-0.2, 0) is 23.2 Å². The highest BCUT2D eigenvalue weighted by Gasteiger charge is 2.39. The van der Waals surface area contributed by atoms with Crippen molar-refractivity contribution in [1.29, 1.82) is 0 Å². The van der Waals surface area contributed by atoms with E-state index in [4.69, 9.17) is 5.73 Å². The molecular formula is C22H23BrN4O. The zero-order chi connectivity index (χ0) is 19.8. The molecule has 0 saturated carbocycles. The van der Waals surface area contributed by atoms with Crippen LogP contribution in [0.15, 0.2) is 77.8 Å². The summed E-state index contributed by atoms with van der Waals surface area (Å²) in [4.78, 5) is 21.1. The fourth-order valence-corrected chi connectivity index (χ4v) is 3.94. The minimum atomic E-state index is -0.988. The van der Waals surface area contributed by atoms with E-state index < -0.39 is 11.4 Å². The van der Waals surface area contributed by atoms with Gasteiger partial charge in [-0.3, -0.25) is 20.1 Å². The number of nitrogens with two attached hydrogens (primary N) is 1. The van der Waals surface area contributed by atoms with Crippen molar-refractivity contribution >= 4 is 21.8 Å². The Labute approximate surface area is 173 Å². The zero-order valence-corrected chi connectivity index (χ0v) is 17.1. The molecule has 2 aromatic heterocycles. The number of primary amides is 1. The number of aryl methyl sites for hydroxylation is 1. The molecule has 0 aliphatic rings. The molecule has 3 N–H and O–H groups in total. The average molecular weight is 439 g/mol. The smallest absolute Gasteiger partial charge is 0.242 e. The molecule has 0 radical (unpaired) electrons. The third kappa shape index (κ3) is 4.82. The van der Waals surface area contributed by atoms with Gasteiger partial charge in [-0.15, -0.1) is 0 Å². The van der Waals surface area contributed by atoms with E-state index in [-0.39, 0.29) is 0 Å². The van der Waals surface area contributed by atoms with E-state index in [1.807, 2.05) is 60.9 Å². The molecule has 0 spiro atoms. The number of benzene rings is 1. The maximum atomic E-state index is 12.7. The normalized spacial score (nSPS) is 13.0. The lowest BCUT2D eigenvalue weighted by Crippen LogP contribution is -2.53. The molecule has 6 heteroatoms. The van der Waals surface area contributed by atoms with E-state index in [0.29, 0.717) is 19.4 Å². The van der Waals surface area contributed by atoms with Crippen LogP contribution in [0.1, 0.15) is 23.1 Å². The van der Waals surface area contributed by atoms with Gasteiger partial charge in [-0.1, -0.05) is 46.3 Å². The van der Waals surface area contributed by atoms with Crippen molar-refractivity contribution < 1.29 is 4.79 Å². The van der Waals surface area contributed by atoms with Crippen molar-refractivity contribution in [2.24, 2.45) is 5.73 Å². The van der Waals surface area contributed by atoms with Crippen molar-refractivity contribution in [2.45, 2.75) is 24.8 Å². The molecule has 5 nitrogen and oxygen atoms in total. The Bertz CT molecular complexity index is 905. The number of rotatable bonds is 9. The number of carbonyl (C=O) groups is 1. The van der Waals surface area contributed by atoms with Gasteiger partial charge < -0.3 is 5.73 Å². The number of pyridine rings is 2. The van der Waals surface area contributed by atoms with Gasteiger partial charge in [-0.25, -0.2) is 0 Å². The molecule has 0 saturated heterocycles. The first-order chi connectivity index (χ1) is 13.6. The molecular weight excluding hydrogens is 416 g/mol. The fraction of sp³-hybridized carbons (Fsp3) is 0.227. The maximum Gasteiger partial charge on any atom is 0.242 e. The number of hydrogen-bond acceptors (Lipinski definition) is 4. The summed E-state index contributed by atoms with van der Waals surface area (Å²) in [5, 5.41) is 3.46. The lowest BCUT2D eigenvalue weighted by molar-refractivity contribution is -0.125. The van der Waals surface area contributed by atoms with Crippen LogP contribution in [0.4, 0.5) is 0 Å². The van der Waals surface area contributed by atoms with Gasteiger partial charge in [0.1, 0.15) is 5.54 Å². The number of carbonyl (C=O) groups excluding carboxylic acids is 1. The molecule has 1 aromatic carbocycles. The lowest BCUT2D eigenvalue weighted by atomic mass is 9.83. The van der Waals surface area contributed by atoms with Crippen molar-refractivity contribution in [3.05, 3.63) is 94.5 Å². The highest BCUT2D eigenvalue weighted by Crippen LogP contribution is 2.32. The van der Waals surface area contributed by atoms with Gasteiger partial charge in [-0.2, -0.15) is 0 Å². The Morgan fingerprint density at radius 1 is 0.964 bits per heavy atom. The Balaban J connectivity index is 1.86. The van der Waals surface area contributed by atoms with Crippen molar-refractivity contribution in [3.63, 3.8) is 0 Å². The highest BCUT2D eigenvalue weighted by molar-refractivity contribution is 9.10. The summed E-state index contributed by atoms with van der Waals surface area (Å²) in [6.45, 7) is 0.600. The summed E-state index contributed by atoms with van der Waals surface area (Å²) in [7, 11) is 0. The summed E-state index contributed by atoms with van der Waals surface area (Å²) in [5.74, 6) is -0.394. The summed E-state index contributed by atoms with van der Waals surface area (Å²) < 4.78 is 0.855. The maximum absolute atomic E-state index is 12.7.